The number of halogens is 1. The number of methoxy groups -OCH3 is 2. The number of benzene rings is 2. The summed E-state index contributed by atoms with van der Waals surface area (Å²) in [6.07, 6.45) is 0. The Labute approximate surface area is 219 Å². The van der Waals surface area contributed by atoms with Crippen molar-refractivity contribution in [1.82, 2.24) is 5.32 Å². The topological polar surface area (TPSA) is 110 Å². The van der Waals surface area contributed by atoms with Crippen molar-refractivity contribution in [3.05, 3.63) is 81.0 Å². The molecule has 1 unspecified atom stereocenters. The molecule has 0 radical (unpaired) electrons. The lowest BCUT2D eigenvalue weighted by Crippen LogP contribution is -2.29. The SMILES string of the molecule is COCCOC(=O)C1=C(C)NC(SCC(=O)Nc2cccc(OC)c2)=C(C#N)C1c1ccc(Cl)cc1. The maximum atomic E-state index is 13.0. The summed E-state index contributed by atoms with van der Waals surface area (Å²) < 4.78 is 15.5. The Bertz CT molecular complexity index is 1220. The van der Waals surface area contributed by atoms with E-state index in [4.69, 9.17) is 25.8 Å². The van der Waals surface area contributed by atoms with Crippen LogP contribution in [-0.4, -0.2) is 45.1 Å². The van der Waals surface area contributed by atoms with Gasteiger partial charge in [-0.1, -0.05) is 41.6 Å². The molecule has 1 heterocycles. The average molecular weight is 528 g/mol. The Morgan fingerprint density at radius 1 is 1.17 bits per heavy atom. The Balaban J connectivity index is 1.86. The molecule has 0 bridgehead atoms. The van der Waals surface area contributed by atoms with E-state index in [2.05, 4.69) is 16.7 Å². The summed E-state index contributed by atoms with van der Waals surface area (Å²) in [6, 6.07) is 16.2. The smallest absolute Gasteiger partial charge is 0.336 e. The summed E-state index contributed by atoms with van der Waals surface area (Å²) in [5.74, 6) is -0.828. The van der Waals surface area contributed by atoms with E-state index >= 15 is 0 Å². The summed E-state index contributed by atoms with van der Waals surface area (Å²) in [7, 11) is 3.07. The third-order valence-electron chi connectivity index (χ3n) is 5.29. The summed E-state index contributed by atoms with van der Waals surface area (Å²) >= 11 is 7.25. The van der Waals surface area contributed by atoms with E-state index in [1.165, 1.54) is 18.9 Å². The lowest BCUT2D eigenvalue weighted by Gasteiger charge is -2.29. The molecule has 1 aliphatic heterocycles. The van der Waals surface area contributed by atoms with Gasteiger partial charge in [-0.25, -0.2) is 4.79 Å². The molecule has 2 N–H and O–H groups in total. The number of nitriles is 1. The van der Waals surface area contributed by atoms with Gasteiger partial charge in [0.2, 0.25) is 5.91 Å². The number of hydrogen-bond donors (Lipinski definition) is 2. The number of nitrogens with zero attached hydrogens (tertiary/aromatic N) is 1. The molecule has 2 aromatic carbocycles. The second kappa shape index (κ2) is 13.0. The summed E-state index contributed by atoms with van der Waals surface area (Å²) in [5.41, 5.74) is 2.46. The Hall–Kier alpha value is -3.45. The molecule has 3 rings (SSSR count). The van der Waals surface area contributed by atoms with Crippen LogP contribution < -0.4 is 15.4 Å². The molecular weight excluding hydrogens is 502 g/mol. The first-order valence-corrected chi connectivity index (χ1v) is 12.3. The maximum Gasteiger partial charge on any atom is 0.336 e. The first-order valence-electron chi connectivity index (χ1n) is 11.0. The van der Waals surface area contributed by atoms with Crippen molar-refractivity contribution in [2.75, 3.05) is 38.5 Å². The number of carbonyl (C=O) groups is 2. The molecule has 188 valence electrons. The average Bonchev–Trinajstić information content (AvgIpc) is 2.87. The summed E-state index contributed by atoms with van der Waals surface area (Å²) in [5, 5.41) is 17.1. The molecule has 0 aliphatic carbocycles. The van der Waals surface area contributed by atoms with Gasteiger partial charge in [-0.05, 0) is 36.8 Å². The van der Waals surface area contributed by atoms with Gasteiger partial charge in [0.25, 0.3) is 0 Å². The fourth-order valence-electron chi connectivity index (χ4n) is 3.62. The first-order chi connectivity index (χ1) is 17.4. The Kier molecular flexibility index (Phi) is 9.82. The highest BCUT2D eigenvalue weighted by Gasteiger charge is 2.35. The molecule has 0 aromatic heterocycles. The fourth-order valence-corrected chi connectivity index (χ4v) is 4.63. The molecule has 8 nitrogen and oxygen atoms in total. The molecule has 1 atom stereocenters. The van der Waals surface area contributed by atoms with E-state index in [0.717, 1.165) is 0 Å². The minimum absolute atomic E-state index is 0.0406. The molecule has 0 fully saturated rings. The van der Waals surface area contributed by atoms with Crippen LogP contribution in [0.15, 0.2) is 70.4 Å². The number of esters is 1. The predicted molar refractivity (Wildman–Crippen MR) is 140 cm³/mol. The van der Waals surface area contributed by atoms with Crippen molar-refractivity contribution in [3.63, 3.8) is 0 Å². The minimum atomic E-state index is -0.687. The van der Waals surface area contributed by atoms with E-state index in [0.29, 0.717) is 43.9 Å². The molecule has 36 heavy (non-hydrogen) atoms. The van der Waals surface area contributed by atoms with E-state index in [9.17, 15) is 14.9 Å². The highest BCUT2D eigenvalue weighted by molar-refractivity contribution is 8.03. The van der Waals surface area contributed by atoms with Crippen LogP contribution in [0.1, 0.15) is 18.4 Å². The zero-order chi connectivity index (χ0) is 26.1. The van der Waals surface area contributed by atoms with Gasteiger partial charge in [0.15, 0.2) is 0 Å². The van der Waals surface area contributed by atoms with Gasteiger partial charge in [0.05, 0.1) is 47.6 Å². The standard InChI is InChI=1S/C26H26ClN3O5S/c1-16-23(26(32)35-12-11-33-2)24(17-7-9-18(27)10-8-17)21(14-28)25(29-16)36-15-22(31)30-19-5-4-6-20(13-19)34-3/h4-10,13,24,29H,11-12,15H2,1-3H3,(H,30,31). The number of ether oxygens (including phenoxy) is 3. The molecule has 10 heteroatoms. The Morgan fingerprint density at radius 2 is 1.92 bits per heavy atom. The van der Waals surface area contributed by atoms with Crippen molar-refractivity contribution in [2.45, 2.75) is 12.8 Å². The third kappa shape index (κ3) is 6.82. The van der Waals surface area contributed by atoms with Crippen molar-refractivity contribution >= 4 is 40.9 Å². The summed E-state index contributed by atoms with van der Waals surface area (Å²) in [6.45, 7) is 2.07. The second-order valence-corrected chi connectivity index (χ2v) is 9.12. The Morgan fingerprint density at radius 3 is 2.58 bits per heavy atom. The van der Waals surface area contributed by atoms with Crippen molar-refractivity contribution in [1.29, 1.82) is 5.26 Å². The molecular formula is C26H26ClN3O5S. The normalized spacial score (nSPS) is 15.1. The number of dihydropyridines is 1. The van der Waals surface area contributed by atoms with Crippen molar-refractivity contribution in [3.8, 4) is 11.8 Å². The van der Waals surface area contributed by atoms with E-state index < -0.39 is 11.9 Å². The highest BCUT2D eigenvalue weighted by atomic mass is 35.5. The van der Waals surface area contributed by atoms with Gasteiger partial charge in [-0.15, -0.1) is 0 Å². The number of thioether (sulfide) groups is 1. The van der Waals surface area contributed by atoms with E-state index in [1.807, 2.05) is 0 Å². The first kappa shape index (κ1) is 27.1. The fraction of sp³-hybridized carbons (Fsp3) is 0.269. The number of amides is 1. The van der Waals surface area contributed by atoms with Gasteiger partial charge in [0, 0.05) is 29.6 Å². The molecule has 2 aromatic rings. The number of allylic oxidation sites excluding steroid dienone is 2. The lowest BCUT2D eigenvalue weighted by atomic mass is 9.82. The number of anilines is 1. The third-order valence-corrected chi connectivity index (χ3v) is 6.56. The number of nitrogens with one attached hydrogen (secondary N) is 2. The monoisotopic (exact) mass is 527 g/mol. The number of rotatable bonds is 10. The van der Waals surface area contributed by atoms with Gasteiger partial charge >= 0.3 is 5.97 Å². The summed E-state index contributed by atoms with van der Waals surface area (Å²) in [4.78, 5) is 25.6. The van der Waals surface area contributed by atoms with Gasteiger partial charge < -0.3 is 24.8 Å². The van der Waals surface area contributed by atoms with Gasteiger partial charge in [-0.2, -0.15) is 5.26 Å². The second-order valence-electron chi connectivity index (χ2n) is 7.70. The van der Waals surface area contributed by atoms with E-state index in [-0.39, 0.29) is 24.9 Å². The maximum absolute atomic E-state index is 13.0. The zero-order valence-electron chi connectivity index (χ0n) is 20.1. The van der Waals surface area contributed by atoms with Crippen LogP contribution in [-0.2, 0) is 19.1 Å². The van der Waals surface area contributed by atoms with Crippen LogP contribution in [0, 0.1) is 11.3 Å². The molecule has 1 amide bonds. The van der Waals surface area contributed by atoms with Gasteiger partial charge in [0.1, 0.15) is 12.4 Å². The largest absolute Gasteiger partial charge is 0.497 e. The van der Waals surface area contributed by atoms with Crippen LogP contribution in [0.2, 0.25) is 5.02 Å². The highest BCUT2D eigenvalue weighted by Crippen LogP contribution is 2.41. The van der Waals surface area contributed by atoms with E-state index in [1.54, 1.807) is 62.6 Å². The van der Waals surface area contributed by atoms with Crippen LogP contribution in [0.4, 0.5) is 5.69 Å². The zero-order valence-corrected chi connectivity index (χ0v) is 21.7. The van der Waals surface area contributed by atoms with Crippen molar-refractivity contribution < 1.29 is 23.8 Å². The lowest BCUT2D eigenvalue weighted by molar-refractivity contribution is -0.140. The van der Waals surface area contributed by atoms with Crippen molar-refractivity contribution in [2.24, 2.45) is 0 Å². The number of carbonyl (C=O) groups excluding carboxylic acids is 2. The van der Waals surface area contributed by atoms with Gasteiger partial charge in [-0.3, -0.25) is 4.79 Å². The molecule has 0 spiro atoms. The molecule has 0 saturated heterocycles. The predicted octanol–water partition coefficient (Wildman–Crippen LogP) is 4.61. The van der Waals surface area contributed by atoms with Crippen LogP contribution in [0.25, 0.3) is 0 Å². The minimum Gasteiger partial charge on any atom is -0.497 e. The quantitative estimate of drug-likeness (QED) is 0.340. The van der Waals surface area contributed by atoms with Crippen LogP contribution >= 0.6 is 23.4 Å². The molecule has 0 saturated carbocycles. The van der Waals surface area contributed by atoms with Crippen LogP contribution in [0.5, 0.6) is 5.75 Å². The molecule has 1 aliphatic rings. The number of hydrogen-bond acceptors (Lipinski definition) is 8. The van der Waals surface area contributed by atoms with Crippen LogP contribution in [0.3, 0.4) is 0 Å².